The first-order valence-electron chi connectivity index (χ1n) is 5.82. The first-order valence-corrected chi connectivity index (χ1v) is 6.25. The van der Waals surface area contributed by atoms with Crippen LogP contribution in [0.4, 0.5) is 0 Å². The quantitative estimate of drug-likeness (QED) is 0.389. The molecular weight excluding hydrogens is 242 g/mol. The summed E-state index contributed by atoms with van der Waals surface area (Å²) in [6.45, 7) is 0. The van der Waals surface area contributed by atoms with Crippen molar-refractivity contribution in [3.8, 4) is 11.1 Å². The summed E-state index contributed by atoms with van der Waals surface area (Å²) in [5, 5.41) is -0.966. The van der Waals surface area contributed by atoms with E-state index in [0.717, 1.165) is 6.42 Å². The molecule has 0 saturated heterocycles. The van der Waals surface area contributed by atoms with Crippen molar-refractivity contribution in [2.45, 2.75) is 11.7 Å². The van der Waals surface area contributed by atoms with E-state index < -0.39 is 5.28 Å². The van der Waals surface area contributed by atoms with Gasteiger partial charge >= 0.3 is 0 Å². The molecule has 1 unspecified atom stereocenters. The number of rotatable bonds is 2. The highest BCUT2D eigenvalue weighted by Crippen LogP contribution is 2.36. The molecule has 0 fully saturated rings. The van der Waals surface area contributed by atoms with Gasteiger partial charge in [-0.3, -0.25) is 4.79 Å². The number of alkyl halides is 1. The summed E-state index contributed by atoms with van der Waals surface area (Å²) in [6.07, 6.45) is 0.865. The summed E-state index contributed by atoms with van der Waals surface area (Å²) in [7, 11) is 5.41. The fourth-order valence-corrected chi connectivity index (χ4v) is 2.58. The number of hydrogen-bond acceptors (Lipinski definition) is 1. The Kier molecular flexibility index (Phi) is 2.75. The topological polar surface area (TPSA) is 17.1 Å². The van der Waals surface area contributed by atoms with E-state index in [2.05, 4.69) is 12.1 Å². The van der Waals surface area contributed by atoms with Crippen molar-refractivity contribution in [3.63, 3.8) is 0 Å². The Balaban J connectivity index is 2.06. The third-order valence-electron chi connectivity index (χ3n) is 3.33. The molecule has 86 valence electrons. The summed E-state index contributed by atoms with van der Waals surface area (Å²) in [4.78, 5) is 11.8. The van der Waals surface area contributed by atoms with Crippen LogP contribution >= 0.6 is 11.6 Å². The highest BCUT2D eigenvalue weighted by molar-refractivity contribution is 6.52. The Hall–Kier alpha value is -1.54. The molecule has 0 spiro atoms. The van der Waals surface area contributed by atoms with Crippen LogP contribution < -0.4 is 0 Å². The van der Waals surface area contributed by atoms with Crippen molar-refractivity contribution in [2.24, 2.45) is 0 Å². The van der Waals surface area contributed by atoms with Crippen LogP contribution in [0.3, 0.4) is 0 Å². The SMILES string of the molecule is [B]C(Cl)C(=O)c1ccc2c(c1)Cc1ccccc1-2. The van der Waals surface area contributed by atoms with Crippen LogP contribution in [-0.2, 0) is 6.42 Å². The van der Waals surface area contributed by atoms with Gasteiger partial charge in [0.1, 0.15) is 7.85 Å². The van der Waals surface area contributed by atoms with E-state index in [1.165, 1.54) is 22.3 Å². The Morgan fingerprint density at radius 3 is 2.61 bits per heavy atom. The lowest BCUT2D eigenvalue weighted by molar-refractivity contribution is 0.101. The van der Waals surface area contributed by atoms with Gasteiger partial charge in [-0.15, -0.1) is 11.6 Å². The minimum absolute atomic E-state index is 0.226. The van der Waals surface area contributed by atoms with Crippen molar-refractivity contribution >= 4 is 25.2 Å². The molecule has 2 radical (unpaired) electrons. The molecule has 0 bridgehead atoms. The average molecular weight is 253 g/mol. The van der Waals surface area contributed by atoms with E-state index in [1.807, 2.05) is 24.3 Å². The number of fused-ring (bicyclic) bond motifs is 3. The van der Waals surface area contributed by atoms with Crippen molar-refractivity contribution in [2.75, 3.05) is 0 Å². The molecule has 3 rings (SSSR count). The molecule has 0 heterocycles. The third kappa shape index (κ3) is 1.77. The molecule has 0 aliphatic heterocycles. The standard InChI is InChI=1S/C15H10BClO/c16-15(17)14(18)10-5-6-13-11(8-10)7-9-3-1-2-4-12(9)13/h1-6,8,15H,7H2. The highest BCUT2D eigenvalue weighted by atomic mass is 35.5. The van der Waals surface area contributed by atoms with Gasteiger partial charge in [-0.05, 0) is 34.7 Å². The lowest BCUT2D eigenvalue weighted by atomic mass is 9.93. The van der Waals surface area contributed by atoms with Crippen LogP contribution in [0.25, 0.3) is 11.1 Å². The largest absolute Gasteiger partial charge is 0.293 e. The summed E-state index contributed by atoms with van der Waals surface area (Å²) in [5.41, 5.74) is 5.50. The van der Waals surface area contributed by atoms with Crippen LogP contribution in [0.1, 0.15) is 21.5 Å². The molecule has 0 aromatic heterocycles. The van der Waals surface area contributed by atoms with Crippen molar-refractivity contribution in [3.05, 3.63) is 59.2 Å². The van der Waals surface area contributed by atoms with Gasteiger partial charge in [0.15, 0.2) is 5.78 Å². The Bertz CT molecular complexity index is 634. The zero-order chi connectivity index (χ0) is 12.7. The van der Waals surface area contributed by atoms with Crippen LogP contribution in [-0.4, -0.2) is 18.9 Å². The van der Waals surface area contributed by atoms with Gasteiger partial charge in [0.05, 0.1) is 5.28 Å². The Labute approximate surface area is 112 Å². The maximum Gasteiger partial charge on any atom is 0.171 e. The predicted octanol–water partition coefficient (Wildman–Crippen LogP) is 3.17. The number of Topliss-reactive ketones (excluding diaryl/α,β-unsaturated/α-hetero) is 1. The smallest absolute Gasteiger partial charge is 0.171 e. The first kappa shape index (κ1) is 11.5. The van der Waals surface area contributed by atoms with Gasteiger partial charge in [0.2, 0.25) is 0 Å². The summed E-state index contributed by atoms with van der Waals surface area (Å²) >= 11 is 5.63. The molecule has 18 heavy (non-hydrogen) atoms. The van der Waals surface area contributed by atoms with Gasteiger partial charge in [-0.25, -0.2) is 0 Å². The number of ketones is 1. The summed E-state index contributed by atoms with van der Waals surface area (Å²) in [6, 6.07) is 14.0. The Morgan fingerprint density at radius 1 is 1.11 bits per heavy atom. The van der Waals surface area contributed by atoms with Gasteiger partial charge in [-0.1, -0.05) is 36.4 Å². The molecule has 2 aromatic rings. The van der Waals surface area contributed by atoms with Crippen molar-refractivity contribution < 1.29 is 4.79 Å². The zero-order valence-corrected chi connectivity index (χ0v) is 10.4. The van der Waals surface area contributed by atoms with Gasteiger partial charge in [-0.2, -0.15) is 0 Å². The molecule has 1 aliphatic carbocycles. The zero-order valence-electron chi connectivity index (χ0n) is 9.69. The second kappa shape index (κ2) is 4.29. The highest BCUT2D eigenvalue weighted by Gasteiger charge is 2.20. The van der Waals surface area contributed by atoms with Gasteiger partial charge in [0.25, 0.3) is 0 Å². The number of benzene rings is 2. The lowest BCUT2D eigenvalue weighted by Crippen LogP contribution is -2.14. The molecule has 2 aromatic carbocycles. The molecule has 0 N–H and O–H groups in total. The monoisotopic (exact) mass is 252 g/mol. The first-order chi connectivity index (χ1) is 8.66. The third-order valence-corrected chi connectivity index (χ3v) is 3.53. The van der Waals surface area contributed by atoms with Crippen LogP contribution in [0.15, 0.2) is 42.5 Å². The molecule has 3 heteroatoms. The number of carbonyl (C=O) groups is 1. The van der Waals surface area contributed by atoms with Crippen LogP contribution in [0.2, 0.25) is 0 Å². The van der Waals surface area contributed by atoms with E-state index in [0.29, 0.717) is 5.56 Å². The van der Waals surface area contributed by atoms with E-state index >= 15 is 0 Å². The molecule has 1 nitrogen and oxygen atoms in total. The Morgan fingerprint density at radius 2 is 1.83 bits per heavy atom. The maximum absolute atomic E-state index is 11.8. The number of halogens is 1. The second-order valence-electron chi connectivity index (χ2n) is 4.47. The minimum atomic E-state index is -0.966. The van der Waals surface area contributed by atoms with E-state index in [-0.39, 0.29) is 5.78 Å². The average Bonchev–Trinajstić information content (AvgIpc) is 2.75. The normalized spacial score (nSPS) is 13.8. The molecular formula is C15H10BClO. The summed E-state index contributed by atoms with van der Waals surface area (Å²) in [5.74, 6) is -0.226. The fourth-order valence-electron chi connectivity index (χ4n) is 2.46. The van der Waals surface area contributed by atoms with E-state index in [4.69, 9.17) is 19.4 Å². The number of carbonyl (C=O) groups excluding carboxylic acids is 1. The van der Waals surface area contributed by atoms with Crippen LogP contribution in [0.5, 0.6) is 0 Å². The second-order valence-corrected chi connectivity index (χ2v) is 4.94. The van der Waals surface area contributed by atoms with E-state index in [1.54, 1.807) is 6.07 Å². The minimum Gasteiger partial charge on any atom is -0.293 e. The molecule has 1 atom stereocenters. The van der Waals surface area contributed by atoms with E-state index in [9.17, 15) is 4.79 Å². The molecule has 0 amide bonds. The summed E-state index contributed by atoms with van der Waals surface area (Å²) < 4.78 is 0. The van der Waals surface area contributed by atoms with Crippen molar-refractivity contribution in [1.29, 1.82) is 0 Å². The molecule has 0 saturated carbocycles. The molecule has 1 aliphatic rings. The lowest BCUT2D eigenvalue weighted by Gasteiger charge is -2.06. The predicted molar refractivity (Wildman–Crippen MR) is 74.4 cm³/mol. The number of hydrogen-bond donors (Lipinski definition) is 0. The fraction of sp³-hybridized carbons (Fsp3) is 0.133. The van der Waals surface area contributed by atoms with Gasteiger partial charge < -0.3 is 0 Å². The van der Waals surface area contributed by atoms with Gasteiger partial charge in [0, 0.05) is 5.56 Å². The van der Waals surface area contributed by atoms with Crippen molar-refractivity contribution in [1.82, 2.24) is 0 Å². The maximum atomic E-state index is 11.8. The van der Waals surface area contributed by atoms with Crippen LogP contribution in [0, 0.1) is 0 Å².